The lowest BCUT2D eigenvalue weighted by Crippen LogP contribution is -2.23. The molecule has 7 heteroatoms. The first-order chi connectivity index (χ1) is 14.1. The molecule has 0 spiro atoms. The zero-order chi connectivity index (χ0) is 20.6. The van der Waals surface area contributed by atoms with Crippen LogP contribution in [0.5, 0.6) is 5.75 Å². The Morgan fingerprint density at radius 1 is 1.24 bits per heavy atom. The molecule has 0 aliphatic rings. The second-order valence-corrected chi connectivity index (χ2v) is 7.83. The molecule has 0 radical (unpaired) electrons. The lowest BCUT2D eigenvalue weighted by Gasteiger charge is -2.13. The molecule has 0 fully saturated rings. The molecule has 0 aliphatic carbocycles. The van der Waals surface area contributed by atoms with Crippen LogP contribution in [0.3, 0.4) is 0 Å². The Morgan fingerprint density at radius 2 is 2.03 bits per heavy atom. The molecule has 150 valence electrons. The average molecular weight is 409 g/mol. The van der Waals surface area contributed by atoms with Crippen LogP contribution in [-0.4, -0.2) is 25.9 Å². The minimum atomic E-state index is -0.339. The third kappa shape index (κ3) is 5.71. The van der Waals surface area contributed by atoms with Crippen molar-refractivity contribution >= 4 is 23.4 Å². The van der Waals surface area contributed by atoms with Crippen LogP contribution in [0.2, 0.25) is 0 Å². The number of aromatic nitrogens is 3. The molecule has 0 aliphatic heterocycles. The van der Waals surface area contributed by atoms with E-state index >= 15 is 0 Å². The van der Waals surface area contributed by atoms with Gasteiger partial charge in [-0.3, -0.25) is 9.36 Å². The van der Waals surface area contributed by atoms with E-state index < -0.39 is 0 Å². The van der Waals surface area contributed by atoms with Gasteiger partial charge in [0.25, 0.3) is 0 Å². The molecule has 1 heterocycles. The maximum absolute atomic E-state index is 12.5. The molecule has 1 N–H and O–H groups in total. The summed E-state index contributed by atoms with van der Waals surface area (Å²) in [5.74, 6) is 1.37. The quantitative estimate of drug-likeness (QED) is 0.418. The Labute approximate surface area is 175 Å². The number of amides is 1. The van der Waals surface area contributed by atoms with Crippen LogP contribution < -0.4 is 10.1 Å². The van der Waals surface area contributed by atoms with Crippen molar-refractivity contribution in [1.82, 2.24) is 14.8 Å². The summed E-state index contributed by atoms with van der Waals surface area (Å²) in [5.41, 5.74) is 1.90. The smallest absolute Gasteiger partial charge is 0.237 e. The summed E-state index contributed by atoms with van der Waals surface area (Å²) in [6.45, 7) is 8.50. The highest BCUT2D eigenvalue weighted by atomic mass is 32.2. The fourth-order valence-electron chi connectivity index (χ4n) is 2.66. The number of para-hydroxylation sites is 1. The number of hydrogen-bond acceptors (Lipinski definition) is 5. The maximum atomic E-state index is 12.5. The van der Waals surface area contributed by atoms with E-state index in [9.17, 15) is 4.79 Å². The number of aryl methyl sites for hydroxylation is 1. The van der Waals surface area contributed by atoms with E-state index in [1.54, 1.807) is 6.08 Å². The van der Waals surface area contributed by atoms with Crippen LogP contribution in [0.25, 0.3) is 0 Å². The lowest BCUT2D eigenvalue weighted by atomic mass is 10.2. The minimum Gasteiger partial charge on any atom is -0.486 e. The van der Waals surface area contributed by atoms with E-state index in [0.717, 1.165) is 17.0 Å². The first-order valence-corrected chi connectivity index (χ1v) is 10.2. The van der Waals surface area contributed by atoms with Gasteiger partial charge in [0.1, 0.15) is 12.4 Å². The van der Waals surface area contributed by atoms with Gasteiger partial charge in [0.05, 0.1) is 5.25 Å². The van der Waals surface area contributed by atoms with Gasteiger partial charge >= 0.3 is 0 Å². The van der Waals surface area contributed by atoms with Crippen molar-refractivity contribution in [2.45, 2.75) is 37.4 Å². The summed E-state index contributed by atoms with van der Waals surface area (Å²) in [6.07, 6.45) is 1.78. The summed E-state index contributed by atoms with van der Waals surface area (Å²) < 4.78 is 7.77. The van der Waals surface area contributed by atoms with Gasteiger partial charge in [0.15, 0.2) is 11.0 Å². The highest BCUT2D eigenvalue weighted by Gasteiger charge is 2.20. The molecule has 1 atom stereocenters. The lowest BCUT2D eigenvalue weighted by molar-refractivity contribution is -0.115. The Kier molecular flexibility index (Phi) is 7.08. The fourth-order valence-corrected chi connectivity index (χ4v) is 3.53. The largest absolute Gasteiger partial charge is 0.486 e. The highest BCUT2D eigenvalue weighted by molar-refractivity contribution is 8.00. The minimum absolute atomic E-state index is 0.0908. The number of anilines is 1. The number of carbonyl (C=O) groups is 1. The number of nitrogens with one attached hydrogen (secondary N) is 1. The van der Waals surface area contributed by atoms with E-state index in [0.29, 0.717) is 17.5 Å². The van der Waals surface area contributed by atoms with Crippen LogP contribution in [0.15, 0.2) is 72.4 Å². The van der Waals surface area contributed by atoms with Gasteiger partial charge in [0.2, 0.25) is 5.91 Å². The molecule has 3 aromatic rings. The first-order valence-electron chi connectivity index (χ1n) is 9.32. The van der Waals surface area contributed by atoms with E-state index in [4.69, 9.17) is 4.74 Å². The van der Waals surface area contributed by atoms with Crippen LogP contribution in [0, 0.1) is 6.92 Å². The van der Waals surface area contributed by atoms with Crippen LogP contribution in [0.1, 0.15) is 18.3 Å². The molecule has 0 bridgehead atoms. The van der Waals surface area contributed by atoms with Gasteiger partial charge in [-0.25, -0.2) is 0 Å². The van der Waals surface area contributed by atoms with Gasteiger partial charge < -0.3 is 10.1 Å². The zero-order valence-corrected chi connectivity index (χ0v) is 17.4. The van der Waals surface area contributed by atoms with E-state index in [2.05, 4.69) is 22.1 Å². The van der Waals surface area contributed by atoms with Crippen molar-refractivity contribution in [2.24, 2.45) is 0 Å². The predicted octanol–water partition coefficient (Wildman–Crippen LogP) is 4.47. The van der Waals surface area contributed by atoms with Crippen LogP contribution in [0.4, 0.5) is 5.69 Å². The van der Waals surface area contributed by atoms with Gasteiger partial charge in [-0.2, -0.15) is 0 Å². The summed E-state index contributed by atoms with van der Waals surface area (Å²) in [6, 6.07) is 17.2. The van der Waals surface area contributed by atoms with Crippen molar-refractivity contribution in [1.29, 1.82) is 0 Å². The van der Waals surface area contributed by atoms with Gasteiger partial charge in [-0.1, -0.05) is 48.2 Å². The summed E-state index contributed by atoms with van der Waals surface area (Å²) >= 11 is 1.36. The van der Waals surface area contributed by atoms with E-state index in [-0.39, 0.29) is 17.8 Å². The topological polar surface area (TPSA) is 69.0 Å². The highest BCUT2D eigenvalue weighted by Crippen LogP contribution is 2.24. The zero-order valence-electron chi connectivity index (χ0n) is 16.5. The van der Waals surface area contributed by atoms with Crippen LogP contribution in [-0.2, 0) is 17.9 Å². The Morgan fingerprint density at radius 3 is 2.76 bits per heavy atom. The number of rotatable bonds is 9. The Balaban J connectivity index is 1.67. The normalized spacial score (nSPS) is 11.7. The number of carbonyl (C=O) groups excluding carboxylic acids is 1. The first kappa shape index (κ1) is 20.7. The second kappa shape index (κ2) is 9.93. The Bertz CT molecular complexity index is 972. The van der Waals surface area contributed by atoms with Gasteiger partial charge in [0, 0.05) is 12.2 Å². The summed E-state index contributed by atoms with van der Waals surface area (Å²) in [4.78, 5) is 12.5. The number of benzene rings is 2. The summed E-state index contributed by atoms with van der Waals surface area (Å²) in [5, 5.41) is 11.7. The predicted molar refractivity (Wildman–Crippen MR) is 116 cm³/mol. The molecule has 3 rings (SSSR count). The molecule has 2 aromatic carbocycles. The van der Waals surface area contributed by atoms with E-state index in [1.807, 2.05) is 73.0 Å². The molecule has 0 saturated carbocycles. The second-order valence-electron chi connectivity index (χ2n) is 6.52. The van der Waals surface area contributed by atoms with Gasteiger partial charge in [-0.15, -0.1) is 16.8 Å². The number of hydrogen-bond donors (Lipinski definition) is 1. The molecule has 6 nitrogen and oxygen atoms in total. The summed E-state index contributed by atoms with van der Waals surface area (Å²) in [7, 11) is 0. The van der Waals surface area contributed by atoms with Crippen molar-refractivity contribution in [3.63, 3.8) is 0 Å². The number of thioether (sulfide) groups is 1. The van der Waals surface area contributed by atoms with Crippen molar-refractivity contribution in [3.05, 3.63) is 78.6 Å². The molecule has 0 saturated heterocycles. The molecule has 1 amide bonds. The van der Waals surface area contributed by atoms with Crippen molar-refractivity contribution in [2.75, 3.05) is 5.32 Å². The molecule has 29 heavy (non-hydrogen) atoms. The monoisotopic (exact) mass is 408 g/mol. The van der Waals surface area contributed by atoms with E-state index in [1.165, 1.54) is 11.8 Å². The SMILES string of the molecule is C=CCn1c(COc2cccc(C)c2)nnc1S[C@H](C)C(=O)Nc1ccccc1. The standard InChI is InChI=1S/C22H24N4O2S/c1-4-13-26-20(15-28-19-12-8-9-16(2)14-19)24-25-22(26)29-17(3)21(27)23-18-10-6-5-7-11-18/h4-12,14,17H,1,13,15H2,2-3H3,(H,23,27)/t17-/m1/s1. The molecular weight excluding hydrogens is 384 g/mol. The molecule has 1 aromatic heterocycles. The number of ether oxygens (including phenoxy) is 1. The van der Waals surface area contributed by atoms with Crippen LogP contribution >= 0.6 is 11.8 Å². The van der Waals surface area contributed by atoms with Crippen molar-refractivity contribution in [3.8, 4) is 5.75 Å². The van der Waals surface area contributed by atoms with Gasteiger partial charge in [-0.05, 0) is 43.7 Å². The van der Waals surface area contributed by atoms with Crippen molar-refractivity contribution < 1.29 is 9.53 Å². The maximum Gasteiger partial charge on any atom is 0.237 e. The fraction of sp³-hybridized carbons (Fsp3) is 0.227. The third-order valence-electron chi connectivity index (χ3n) is 4.16. The number of nitrogens with zero attached hydrogens (tertiary/aromatic N) is 3. The molecule has 0 unspecified atom stereocenters. The number of allylic oxidation sites excluding steroid dienone is 1. The third-order valence-corrected chi connectivity index (χ3v) is 5.24. The molecular formula is C22H24N4O2S. The Hall–Kier alpha value is -3.06. The average Bonchev–Trinajstić information content (AvgIpc) is 3.09.